The van der Waals surface area contributed by atoms with Crippen LogP contribution in [0.3, 0.4) is 0 Å². The van der Waals surface area contributed by atoms with Crippen molar-refractivity contribution in [2.75, 3.05) is 7.11 Å². The number of methoxy groups -OCH3 is 1. The Morgan fingerprint density at radius 3 is 2.93 bits per heavy atom. The number of carbonyl (C=O) groups excluding carboxylic acids is 1. The Hall–Kier alpha value is -1.03. The predicted molar refractivity (Wildman–Crippen MR) is 52.9 cm³/mol. The normalized spacial score (nSPS) is 27.8. The van der Waals surface area contributed by atoms with Gasteiger partial charge >= 0.3 is 6.09 Å². The maximum absolute atomic E-state index is 10.6. The molecule has 4 nitrogen and oxygen atoms in total. The van der Waals surface area contributed by atoms with Gasteiger partial charge in [0.05, 0.1) is 6.10 Å². The lowest BCUT2D eigenvalue weighted by atomic mass is 10.0. The highest BCUT2D eigenvalue weighted by Crippen LogP contribution is 2.17. The first-order valence-corrected chi connectivity index (χ1v) is 4.89. The number of hydrogen-bond donors (Lipinski definition) is 1. The van der Waals surface area contributed by atoms with Crippen LogP contribution in [0.2, 0.25) is 0 Å². The molecule has 2 atom stereocenters. The van der Waals surface area contributed by atoms with Crippen molar-refractivity contribution in [2.45, 2.75) is 37.9 Å². The minimum atomic E-state index is -0.748. The smallest absolute Gasteiger partial charge is 0.405 e. The van der Waals surface area contributed by atoms with E-state index < -0.39 is 6.09 Å². The SMILES string of the molecule is COC1CCCCC=CC1OC(N)=O. The molecule has 0 spiro atoms. The molecule has 0 aromatic heterocycles. The van der Waals surface area contributed by atoms with Crippen molar-refractivity contribution in [3.63, 3.8) is 0 Å². The van der Waals surface area contributed by atoms with E-state index in [2.05, 4.69) is 0 Å². The number of carbonyl (C=O) groups is 1. The zero-order chi connectivity index (χ0) is 10.4. The van der Waals surface area contributed by atoms with Crippen molar-refractivity contribution in [3.8, 4) is 0 Å². The third-order valence-electron chi connectivity index (χ3n) is 2.36. The second-order valence-corrected chi connectivity index (χ2v) is 3.39. The number of ether oxygens (including phenoxy) is 2. The Bertz CT molecular complexity index is 215. The van der Waals surface area contributed by atoms with Gasteiger partial charge in [0.25, 0.3) is 0 Å². The molecule has 2 unspecified atom stereocenters. The molecule has 1 aliphatic carbocycles. The summed E-state index contributed by atoms with van der Waals surface area (Å²) in [6, 6.07) is 0. The predicted octanol–water partition coefficient (Wildman–Crippen LogP) is 1.60. The van der Waals surface area contributed by atoms with Gasteiger partial charge in [-0.15, -0.1) is 0 Å². The van der Waals surface area contributed by atoms with E-state index in [1.54, 1.807) is 7.11 Å². The first-order valence-electron chi connectivity index (χ1n) is 4.89. The van der Waals surface area contributed by atoms with Gasteiger partial charge in [-0.1, -0.05) is 12.5 Å². The summed E-state index contributed by atoms with van der Waals surface area (Å²) < 4.78 is 10.2. The number of nitrogens with two attached hydrogens (primary N) is 1. The molecule has 0 bridgehead atoms. The van der Waals surface area contributed by atoms with Gasteiger partial charge in [-0.3, -0.25) is 0 Å². The van der Waals surface area contributed by atoms with E-state index in [-0.39, 0.29) is 12.2 Å². The maximum Gasteiger partial charge on any atom is 0.405 e. The Kier molecular flexibility index (Phi) is 4.46. The maximum atomic E-state index is 10.6. The van der Waals surface area contributed by atoms with Crippen LogP contribution in [0.1, 0.15) is 25.7 Å². The summed E-state index contributed by atoms with van der Waals surface area (Å²) in [5.74, 6) is 0. The zero-order valence-corrected chi connectivity index (χ0v) is 8.44. The molecule has 0 aromatic rings. The van der Waals surface area contributed by atoms with Crippen LogP contribution >= 0.6 is 0 Å². The van der Waals surface area contributed by atoms with E-state index in [0.717, 1.165) is 25.7 Å². The van der Waals surface area contributed by atoms with Crippen LogP contribution in [0, 0.1) is 0 Å². The van der Waals surface area contributed by atoms with Crippen LogP contribution in [-0.2, 0) is 9.47 Å². The van der Waals surface area contributed by atoms with Crippen LogP contribution in [0.4, 0.5) is 4.79 Å². The molecule has 1 aliphatic rings. The van der Waals surface area contributed by atoms with E-state index in [1.807, 2.05) is 12.2 Å². The molecule has 2 N–H and O–H groups in total. The van der Waals surface area contributed by atoms with Gasteiger partial charge in [-0.2, -0.15) is 0 Å². The molecule has 0 heterocycles. The molecule has 14 heavy (non-hydrogen) atoms. The molecule has 0 saturated carbocycles. The summed E-state index contributed by atoms with van der Waals surface area (Å²) in [7, 11) is 1.62. The highest BCUT2D eigenvalue weighted by molar-refractivity contribution is 5.65. The first-order chi connectivity index (χ1) is 6.74. The molecule has 1 rings (SSSR count). The molecule has 0 radical (unpaired) electrons. The van der Waals surface area contributed by atoms with Crippen molar-refractivity contribution < 1.29 is 14.3 Å². The monoisotopic (exact) mass is 199 g/mol. The second-order valence-electron chi connectivity index (χ2n) is 3.39. The Morgan fingerprint density at radius 1 is 1.50 bits per heavy atom. The highest BCUT2D eigenvalue weighted by atomic mass is 16.6. The van der Waals surface area contributed by atoms with E-state index in [4.69, 9.17) is 15.2 Å². The Balaban J connectivity index is 2.61. The lowest BCUT2D eigenvalue weighted by molar-refractivity contribution is -0.00372. The molecular weight excluding hydrogens is 182 g/mol. The fraction of sp³-hybridized carbons (Fsp3) is 0.700. The topological polar surface area (TPSA) is 61.6 Å². The average molecular weight is 199 g/mol. The molecule has 0 fully saturated rings. The average Bonchev–Trinajstić information content (AvgIpc) is 2.10. The minimum absolute atomic E-state index is 0.0703. The Morgan fingerprint density at radius 2 is 2.29 bits per heavy atom. The number of allylic oxidation sites excluding steroid dienone is 1. The molecule has 80 valence electrons. The van der Waals surface area contributed by atoms with Gasteiger partial charge in [0.1, 0.15) is 6.10 Å². The Labute approximate surface area is 84.1 Å². The third kappa shape index (κ3) is 3.38. The fourth-order valence-corrected chi connectivity index (χ4v) is 1.63. The lowest BCUT2D eigenvalue weighted by Crippen LogP contribution is -2.33. The summed E-state index contributed by atoms with van der Waals surface area (Å²) in [6.45, 7) is 0. The standard InChI is InChI=1S/C10H17NO3/c1-13-8-6-4-2-3-5-7-9(8)14-10(11)12/h5,7-9H,2-4,6H2,1H3,(H2,11,12). The number of primary amides is 1. The van der Waals surface area contributed by atoms with Gasteiger partial charge in [0, 0.05) is 7.11 Å². The van der Waals surface area contributed by atoms with Crippen molar-refractivity contribution >= 4 is 6.09 Å². The first kappa shape index (κ1) is 11.0. The molecule has 0 aliphatic heterocycles. The van der Waals surface area contributed by atoms with E-state index in [1.165, 1.54) is 0 Å². The largest absolute Gasteiger partial charge is 0.439 e. The van der Waals surface area contributed by atoms with Gasteiger partial charge in [0.2, 0.25) is 0 Å². The van der Waals surface area contributed by atoms with Crippen LogP contribution in [-0.4, -0.2) is 25.4 Å². The highest BCUT2D eigenvalue weighted by Gasteiger charge is 2.22. The molecule has 4 heteroatoms. The quantitative estimate of drug-likeness (QED) is 0.687. The van der Waals surface area contributed by atoms with Crippen LogP contribution in [0.5, 0.6) is 0 Å². The fourth-order valence-electron chi connectivity index (χ4n) is 1.63. The van der Waals surface area contributed by atoms with Gasteiger partial charge < -0.3 is 15.2 Å². The summed E-state index contributed by atoms with van der Waals surface area (Å²) in [6.07, 6.45) is 6.88. The second kappa shape index (κ2) is 5.65. The molecule has 0 saturated heterocycles. The van der Waals surface area contributed by atoms with Crippen LogP contribution < -0.4 is 5.73 Å². The number of rotatable bonds is 2. The number of amides is 1. The van der Waals surface area contributed by atoms with Crippen LogP contribution in [0.25, 0.3) is 0 Å². The molecule has 1 amide bonds. The van der Waals surface area contributed by atoms with Gasteiger partial charge in [-0.05, 0) is 25.3 Å². The van der Waals surface area contributed by atoms with E-state index in [0.29, 0.717) is 0 Å². The van der Waals surface area contributed by atoms with E-state index in [9.17, 15) is 4.79 Å². The van der Waals surface area contributed by atoms with Gasteiger partial charge in [0.15, 0.2) is 0 Å². The van der Waals surface area contributed by atoms with E-state index >= 15 is 0 Å². The van der Waals surface area contributed by atoms with Crippen molar-refractivity contribution in [1.82, 2.24) is 0 Å². The summed E-state index contributed by atoms with van der Waals surface area (Å²) in [4.78, 5) is 10.6. The minimum Gasteiger partial charge on any atom is -0.439 e. The van der Waals surface area contributed by atoms with Crippen LogP contribution in [0.15, 0.2) is 12.2 Å². The number of hydrogen-bond acceptors (Lipinski definition) is 3. The van der Waals surface area contributed by atoms with Crippen molar-refractivity contribution in [2.24, 2.45) is 5.73 Å². The zero-order valence-electron chi connectivity index (χ0n) is 8.44. The third-order valence-corrected chi connectivity index (χ3v) is 2.36. The summed E-state index contributed by atoms with van der Waals surface area (Å²) in [5.41, 5.74) is 4.98. The molecular formula is C10H17NO3. The van der Waals surface area contributed by atoms with Gasteiger partial charge in [-0.25, -0.2) is 4.79 Å². The summed E-state index contributed by atoms with van der Waals surface area (Å²) >= 11 is 0. The molecule has 0 aromatic carbocycles. The lowest BCUT2D eigenvalue weighted by Gasteiger charge is -2.24. The van der Waals surface area contributed by atoms with Crippen molar-refractivity contribution in [3.05, 3.63) is 12.2 Å². The van der Waals surface area contributed by atoms with Crippen molar-refractivity contribution in [1.29, 1.82) is 0 Å². The summed E-state index contributed by atoms with van der Waals surface area (Å²) in [5, 5.41) is 0.